The van der Waals surface area contributed by atoms with E-state index < -0.39 is 0 Å². The van der Waals surface area contributed by atoms with Gasteiger partial charge in [-0.3, -0.25) is 9.89 Å². The second-order valence-electron chi connectivity index (χ2n) is 5.87. The van der Waals surface area contributed by atoms with E-state index in [1.54, 1.807) is 12.4 Å². The van der Waals surface area contributed by atoms with E-state index in [-0.39, 0.29) is 17.9 Å². The number of hydrogen-bond acceptors (Lipinski definition) is 5. The first-order valence-corrected chi connectivity index (χ1v) is 8.95. The van der Waals surface area contributed by atoms with Crippen molar-refractivity contribution < 1.29 is 9.59 Å². The minimum atomic E-state index is -0.354. The van der Waals surface area contributed by atoms with Gasteiger partial charge in [-0.1, -0.05) is 18.2 Å². The number of fused-ring (bicyclic) bond motifs is 1. The molecule has 1 aromatic carbocycles. The molecule has 0 saturated heterocycles. The van der Waals surface area contributed by atoms with Crippen LogP contribution in [-0.2, 0) is 4.79 Å². The molecule has 0 radical (unpaired) electrons. The summed E-state index contributed by atoms with van der Waals surface area (Å²) in [6, 6.07) is 7.28. The van der Waals surface area contributed by atoms with Crippen molar-refractivity contribution >= 4 is 34.6 Å². The molecule has 3 aromatic rings. The maximum atomic E-state index is 12.3. The summed E-state index contributed by atoms with van der Waals surface area (Å²) in [5.41, 5.74) is 3.05. The lowest BCUT2D eigenvalue weighted by Crippen LogP contribution is -2.35. The SMILES string of the molecule is O=C1CC(CNC(=O)Nc2cn[nH]c2-c2nccs2)c2ccccc2N1. The van der Waals surface area contributed by atoms with E-state index in [9.17, 15) is 9.59 Å². The normalized spacial score (nSPS) is 15.8. The van der Waals surface area contributed by atoms with Crippen LogP contribution in [0.4, 0.5) is 16.2 Å². The summed E-state index contributed by atoms with van der Waals surface area (Å²) in [5.74, 6) is -0.106. The maximum absolute atomic E-state index is 12.3. The summed E-state index contributed by atoms with van der Waals surface area (Å²) in [4.78, 5) is 28.4. The molecule has 0 saturated carbocycles. The highest BCUT2D eigenvalue weighted by Gasteiger charge is 2.25. The number of carbonyl (C=O) groups is 2. The van der Waals surface area contributed by atoms with Gasteiger partial charge in [-0.05, 0) is 11.6 Å². The third-order valence-corrected chi connectivity index (χ3v) is 4.94. The molecule has 3 heterocycles. The van der Waals surface area contributed by atoms with Crippen LogP contribution >= 0.6 is 11.3 Å². The van der Waals surface area contributed by atoms with Crippen LogP contribution in [0.2, 0.25) is 0 Å². The molecule has 132 valence electrons. The zero-order chi connectivity index (χ0) is 17.9. The number of amides is 3. The topological polar surface area (TPSA) is 112 Å². The number of anilines is 2. The fourth-order valence-corrected chi connectivity index (χ4v) is 3.60. The quantitative estimate of drug-likeness (QED) is 0.567. The Morgan fingerprint density at radius 1 is 1.35 bits per heavy atom. The number of thiazole rings is 1. The number of para-hydroxylation sites is 1. The van der Waals surface area contributed by atoms with E-state index in [1.165, 1.54) is 11.3 Å². The van der Waals surface area contributed by atoms with E-state index >= 15 is 0 Å². The summed E-state index contributed by atoms with van der Waals surface area (Å²) in [6.07, 6.45) is 3.57. The van der Waals surface area contributed by atoms with Gasteiger partial charge in [-0.2, -0.15) is 5.10 Å². The van der Waals surface area contributed by atoms with E-state index in [4.69, 9.17) is 0 Å². The Hall–Kier alpha value is -3.20. The predicted molar refractivity (Wildman–Crippen MR) is 99.1 cm³/mol. The van der Waals surface area contributed by atoms with E-state index in [1.807, 2.05) is 29.6 Å². The molecule has 2 aromatic heterocycles. The van der Waals surface area contributed by atoms with Crippen molar-refractivity contribution in [2.45, 2.75) is 12.3 Å². The van der Waals surface area contributed by atoms with Crippen molar-refractivity contribution in [1.29, 1.82) is 0 Å². The Morgan fingerprint density at radius 3 is 3.08 bits per heavy atom. The highest BCUT2D eigenvalue weighted by molar-refractivity contribution is 7.13. The summed E-state index contributed by atoms with van der Waals surface area (Å²) in [6.45, 7) is 0.362. The Labute approximate surface area is 153 Å². The first kappa shape index (κ1) is 16.3. The Morgan fingerprint density at radius 2 is 2.23 bits per heavy atom. The van der Waals surface area contributed by atoms with Gasteiger partial charge in [0.1, 0.15) is 10.7 Å². The number of nitrogens with one attached hydrogen (secondary N) is 4. The molecule has 0 spiro atoms. The second kappa shape index (κ2) is 6.96. The number of rotatable bonds is 4. The van der Waals surface area contributed by atoms with Crippen molar-refractivity contribution in [2.75, 3.05) is 17.2 Å². The smallest absolute Gasteiger partial charge is 0.319 e. The zero-order valence-electron chi connectivity index (χ0n) is 13.7. The lowest BCUT2D eigenvalue weighted by molar-refractivity contribution is -0.116. The van der Waals surface area contributed by atoms with E-state index in [0.717, 1.165) is 16.3 Å². The third-order valence-electron chi connectivity index (χ3n) is 4.15. The van der Waals surface area contributed by atoms with Crippen LogP contribution in [0.3, 0.4) is 0 Å². The number of carbonyl (C=O) groups excluding carboxylic acids is 2. The van der Waals surface area contributed by atoms with Gasteiger partial charge < -0.3 is 16.0 Å². The predicted octanol–water partition coefficient (Wildman–Crippen LogP) is 2.78. The van der Waals surface area contributed by atoms with Crippen LogP contribution in [-0.4, -0.2) is 33.7 Å². The molecule has 3 amide bonds. The molecule has 26 heavy (non-hydrogen) atoms. The van der Waals surface area contributed by atoms with E-state index in [2.05, 4.69) is 31.1 Å². The number of urea groups is 1. The van der Waals surface area contributed by atoms with Crippen LogP contribution in [0.1, 0.15) is 17.9 Å². The van der Waals surface area contributed by atoms with Crippen LogP contribution in [0.5, 0.6) is 0 Å². The van der Waals surface area contributed by atoms with Crippen molar-refractivity contribution in [2.24, 2.45) is 0 Å². The summed E-state index contributed by atoms with van der Waals surface area (Å²) in [7, 11) is 0. The maximum Gasteiger partial charge on any atom is 0.319 e. The van der Waals surface area contributed by atoms with Crippen LogP contribution < -0.4 is 16.0 Å². The van der Waals surface area contributed by atoms with Crippen molar-refractivity contribution in [3.05, 3.63) is 47.6 Å². The van der Waals surface area contributed by atoms with Crippen LogP contribution in [0, 0.1) is 0 Å². The van der Waals surface area contributed by atoms with Gasteiger partial charge >= 0.3 is 6.03 Å². The number of aromatic amines is 1. The lowest BCUT2D eigenvalue weighted by atomic mass is 9.90. The third kappa shape index (κ3) is 3.29. The van der Waals surface area contributed by atoms with Crippen molar-refractivity contribution in [1.82, 2.24) is 20.5 Å². The minimum absolute atomic E-state index is 0.0446. The van der Waals surface area contributed by atoms with E-state index in [0.29, 0.717) is 24.3 Å². The standard InChI is InChI=1S/C17H16N6O2S/c24-14-7-10(11-3-1-2-4-12(11)21-14)8-19-17(25)22-13-9-20-23-15(13)16-18-5-6-26-16/h1-6,9-10H,7-8H2,(H,20,23)(H,21,24)(H2,19,22,25). The average Bonchev–Trinajstić information content (AvgIpc) is 3.30. The fraction of sp³-hybridized carbons (Fsp3) is 0.176. The van der Waals surface area contributed by atoms with Gasteiger partial charge in [0.05, 0.1) is 11.9 Å². The summed E-state index contributed by atoms with van der Waals surface area (Å²) >= 11 is 1.45. The van der Waals surface area contributed by atoms with Gasteiger partial charge in [-0.15, -0.1) is 11.3 Å². The minimum Gasteiger partial charge on any atom is -0.337 e. The Balaban J connectivity index is 1.41. The van der Waals surface area contributed by atoms with Gasteiger partial charge in [0, 0.05) is 36.1 Å². The van der Waals surface area contributed by atoms with Gasteiger partial charge in [0.2, 0.25) is 5.91 Å². The van der Waals surface area contributed by atoms with Gasteiger partial charge in [0.25, 0.3) is 0 Å². The highest BCUT2D eigenvalue weighted by atomic mass is 32.1. The molecule has 1 unspecified atom stereocenters. The molecule has 4 N–H and O–H groups in total. The molecule has 1 aliphatic rings. The van der Waals surface area contributed by atoms with Gasteiger partial charge in [0.15, 0.2) is 0 Å². The molecule has 0 aliphatic carbocycles. The monoisotopic (exact) mass is 368 g/mol. The molecule has 8 nitrogen and oxygen atoms in total. The number of H-pyrrole nitrogens is 1. The first-order valence-electron chi connectivity index (χ1n) is 8.07. The van der Waals surface area contributed by atoms with Crippen LogP contribution in [0.15, 0.2) is 42.0 Å². The molecule has 0 bridgehead atoms. The second-order valence-corrected chi connectivity index (χ2v) is 6.76. The first-order chi connectivity index (χ1) is 12.7. The lowest BCUT2D eigenvalue weighted by Gasteiger charge is -2.25. The molecule has 4 rings (SSSR count). The molecular weight excluding hydrogens is 352 g/mol. The average molecular weight is 368 g/mol. The molecule has 9 heteroatoms. The summed E-state index contributed by atoms with van der Waals surface area (Å²) < 4.78 is 0. The van der Waals surface area contributed by atoms with Crippen molar-refractivity contribution in [3.8, 4) is 10.7 Å². The Kier molecular flexibility index (Phi) is 4.36. The highest BCUT2D eigenvalue weighted by Crippen LogP contribution is 2.31. The Bertz CT molecular complexity index is 936. The molecule has 0 fully saturated rings. The number of hydrogen-bond donors (Lipinski definition) is 4. The summed E-state index contributed by atoms with van der Waals surface area (Å²) in [5, 5.41) is 17.9. The van der Waals surface area contributed by atoms with Crippen LogP contribution in [0.25, 0.3) is 10.7 Å². The van der Waals surface area contributed by atoms with Gasteiger partial charge in [-0.25, -0.2) is 9.78 Å². The molecule has 1 atom stereocenters. The molecular formula is C17H16N6O2S. The number of benzene rings is 1. The molecule has 1 aliphatic heterocycles. The zero-order valence-corrected chi connectivity index (χ0v) is 14.5. The van der Waals surface area contributed by atoms with Crippen molar-refractivity contribution in [3.63, 3.8) is 0 Å². The largest absolute Gasteiger partial charge is 0.337 e. The fourth-order valence-electron chi connectivity index (χ4n) is 2.96. The number of aromatic nitrogens is 3. The number of nitrogens with zero attached hydrogens (tertiary/aromatic N) is 2.